The van der Waals surface area contributed by atoms with Gasteiger partial charge in [-0.1, -0.05) is 0 Å². The quantitative estimate of drug-likeness (QED) is 0.743. The number of hydrogen-bond donors (Lipinski definition) is 0. The predicted molar refractivity (Wildman–Crippen MR) is 62.4 cm³/mol. The van der Waals surface area contributed by atoms with Crippen LogP contribution in [0.15, 0.2) is 0 Å². The zero-order chi connectivity index (χ0) is 15.0. The van der Waals surface area contributed by atoms with E-state index in [4.69, 9.17) is 9.47 Å². The molecule has 1 spiro atoms. The molecular formula is C11H17F3O5S. The van der Waals surface area contributed by atoms with E-state index in [1.54, 1.807) is 0 Å². The first-order chi connectivity index (χ1) is 9.10. The van der Waals surface area contributed by atoms with Gasteiger partial charge in [-0.15, -0.1) is 0 Å². The van der Waals surface area contributed by atoms with Crippen LogP contribution in [0.5, 0.6) is 0 Å². The van der Waals surface area contributed by atoms with Crippen LogP contribution in [0.3, 0.4) is 0 Å². The molecule has 1 saturated carbocycles. The van der Waals surface area contributed by atoms with Crippen LogP contribution in [0.25, 0.3) is 0 Å². The summed E-state index contributed by atoms with van der Waals surface area (Å²) in [5.74, 6) is -2.69. The highest BCUT2D eigenvalue weighted by Crippen LogP contribution is 2.46. The van der Waals surface area contributed by atoms with Gasteiger partial charge in [-0.2, -0.15) is 21.6 Å². The van der Waals surface area contributed by atoms with Crippen molar-refractivity contribution in [3.8, 4) is 0 Å². The average molecular weight is 318 g/mol. The Morgan fingerprint density at radius 3 is 2.70 bits per heavy atom. The summed E-state index contributed by atoms with van der Waals surface area (Å²) in [7, 11) is -3.60. The summed E-state index contributed by atoms with van der Waals surface area (Å²) < 4.78 is 75.5. The normalized spacial score (nSPS) is 35.6. The first kappa shape index (κ1) is 16.0. The smallest absolute Gasteiger partial charge is 0.347 e. The summed E-state index contributed by atoms with van der Waals surface area (Å²) >= 11 is 0. The van der Waals surface area contributed by atoms with Gasteiger partial charge < -0.3 is 9.47 Å². The number of rotatable bonds is 3. The van der Waals surface area contributed by atoms with E-state index in [0.29, 0.717) is 12.8 Å². The first-order valence-electron chi connectivity index (χ1n) is 6.33. The minimum Gasteiger partial charge on any atom is -0.347 e. The van der Waals surface area contributed by atoms with Gasteiger partial charge in [0.25, 0.3) is 10.1 Å². The molecule has 20 heavy (non-hydrogen) atoms. The highest BCUT2D eigenvalue weighted by Gasteiger charge is 2.52. The Kier molecular flexibility index (Phi) is 4.35. The SMILES string of the molecule is CS(=O)(=O)OCC1COC2(CCCC(C(F)(F)F)C2)O1. The lowest BCUT2D eigenvalue weighted by molar-refractivity contribution is -0.248. The highest BCUT2D eigenvalue weighted by atomic mass is 32.2. The summed E-state index contributed by atoms with van der Waals surface area (Å²) in [4.78, 5) is 0. The van der Waals surface area contributed by atoms with Crippen LogP contribution in [0.2, 0.25) is 0 Å². The Morgan fingerprint density at radius 2 is 2.10 bits per heavy atom. The fraction of sp³-hybridized carbons (Fsp3) is 1.00. The maximum absolute atomic E-state index is 12.8. The second-order valence-corrected chi connectivity index (χ2v) is 6.93. The Hall–Kier alpha value is -0.380. The largest absolute Gasteiger partial charge is 0.392 e. The van der Waals surface area contributed by atoms with Crippen molar-refractivity contribution < 1.29 is 35.2 Å². The van der Waals surface area contributed by atoms with E-state index in [1.165, 1.54) is 0 Å². The van der Waals surface area contributed by atoms with E-state index in [1.807, 2.05) is 0 Å². The maximum Gasteiger partial charge on any atom is 0.392 e. The van der Waals surface area contributed by atoms with Crippen LogP contribution >= 0.6 is 0 Å². The van der Waals surface area contributed by atoms with Crippen LogP contribution in [0, 0.1) is 5.92 Å². The summed E-state index contributed by atoms with van der Waals surface area (Å²) in [6, 6.07) is 0. The van der Waals surface area contributed by atoms with Crippen LogP contribution in [0.4, 0.5) is 13.2 Å². The van der Waals surface area contributed by atoms with E-state index in [9.17, 15) is 21.6 Å². The van der Waals surface area contributed by atoms with Gasteiger partial charge in [0.1, 0.15) is 6.10 Å². The van der Waals surface area contributed by atoms with E-state index < -0.39 is 34.1 Å². The number of alkyl halides is 3. The third-order valence-electron chi connectivity index (χ3n) is 3.51. The summed E-state index contributed by atoms with van der Waals surface area (Å²) in [6.45, 7) is -0.197. The molecule has 0 aromatic rings. The van der Waals surface area contributed by atoms with Crippen molar-refractivity contribution in [3.05, 3.63) is 0 Å². The number of hydrogen-bond acceptors (Lipinski definition) is 5. The first-order valence-corrected chi connectivity index (χ1v) is 8.14. The molecule has 3 atom stereocenters. The molecule has 0 radical (unpaired) electrons. The second-order valence-electron chi connectivity index (χ2n) is 5.29. The lowest BCUT2D eigenvalue weighted by atomic mass is 9.84. The van der Waals surface area contributed by atoms with Crippen molar-refractivity contribution in [2.45, 2.75) is 43.8 Å². The Labute approximate surface area is 115 Å². The summed E-state index contributed by atoms with van der Waals surface area (Å²) in [5, 5.41) is 0. The molecule has 2 aliphatic rings. The van der Waals surface area contributed by atoms with Gasteiger partial charge in [-0.05, 0) is 12.8 Å². The molecular weight excluding hydrogens is 301 g/mol. The molecule has 0 bridgehead atoms. The molecule has 0 aromatic carbocycles. The third-order valence-corrected chi connectivity index (χ3v) is 4.08. The van der Waals surface area contributed by atoms with E-state index in [0.717, 1.165) is 6.26 Å². The van der Waals surface area contributed by atoms with E-state index in [-0.39, 0.29) is 26.1 Å². The van der Waals surface area contributed by atoms with Crippen molar-refractivity contribution in [2.75, 3.05) is 19.5 Å². The predicted octanol–water partition coefficient (Wildman–Crippen LogP) is 1.83. The standard InChI is InChI=1S/C11H17F3O5S/c1-20(15,16)18-7-9-6-17-10(19-9)4-2-3-8(5-10)11(12,13)14/h8-9H,2-7H2,1H3. The monoisotopic (exact) mass is 318 g/mol. The van der Waals surface area contributed by atoms with Crippen LogP contribution in [-0.4, -0.2) is 46.0 Å². The molecule has 0 amide bonds. The van der Waals surface area contributed by atoms with Crippen LogP contribution in [-0.2, 0) is 23.8 Å². The fourth-order valence-electron chi connectivity index (χ4n) is 2.61. The topological polar surface area (TPSA) is 61.8 Å². The number of halogens is 3. The minimum absolute atomic E-state index is 0.0418. The molecule has 1 aliphatic heterocycles. The summed E-state index contributed by atoms with van der Waals surface area (Å²) in [6.07, 6.45) is -3.44. The molecule has 1 aliphatic carbocycles. The summed E-state index contributed by atoms with van der Waals surface area (Å²) in [5.41, 5.74) is 0. The van der Waals surface area contributed by atoms with Gasteiger partial charge in [0, 0.05) is 12.8 Å². The highest BCUT2D eigenvalue weighted by molar-refractivity contribution is 7.85. The minimum atomic E-state index is -4.26. The van der Waals surface area contributed by atoms with Crippen molar-refractivity contribution in [3.63, 3.8) is 0 Å². The molecule has 2 rings (SSSR count). The fourth-order valence-corrected chi connectivity index (χ4v) is 3.01. The van der Waals surface area contributed by atoms with Gasteiger partial charge in [-0.25, -0.2) is 0 Å². The van der Waals surface area contributed by atoms with Crippen molar-refractivity contribution in [1.82, 2.24) is 0 Å². The Bertz CT molecular complexity index is 449. The van der Waals surface area contributed by atoms with Gasteiger partial charge in [-0.3, -0.25) is 4.18 Å². The zero-order valence-electron chi connectivity index (χ0n) is 11.0. The Morgan fingerprint density at radius 1 is 1.40 bits per heavy atom. The second kappa shape index (κ2) is 5.43. The average Bonchev–Trinajstić information content (AvgIpc) is 2.68. The molecule has 5 nitrogen and oxygen atoms in total. The molecule has 0 N–H and O–H groups in total. The van der Waals surface area contributed by atoms with Crippen LogP contribution < -0.4 is 0 Å². The molecule has 0 aromatic heterocycles. The zero-order valence-corrected chi connectivity index (χ0v) is 11.8. The molecule has 118 valence electrons. The molecule has 3 unspecified atom stereocenters. The van der Waals surface area contributed by atoms with Crippen molar-refractivity contribution >= 4 is 10.1 Å². The van der Waals surface area contributed by atoms with Gasteiger partial charge in [0.15, 0.2) is 5.79 Å². The lowest BCUT2D eigenvalue weighted by Gasteiger charge is -2.37. The van der Waals surface area contributed by atoms with Gasteiger partial charge >= 0.3 is 6.18 Å². The molecule has 1 saturated heterocycles. The molecule has 9 heteroatoms. The van der Waals surface area contributed by atoms with Crippen molar-refractivity contribution in [2.24, 2.45) is 5.92 Å². The Balaban J connectivity index is 1.93. The van der Waals surface area contributed by atoms with E-state index in [2.05, 4.69) is 4.18 Å². The molecule has 2 fully saturated rings. The van der Waals surface area contributed by atoms with Crippen LogP contribution in [0.1, 0.15) is 25.7 Å². The van der Waals surface area contributed by atoms with Crippen molar-refractivity contribution in [1.29, 1.82) is 0 Å². The van der Waals surface area contributed by atoms with E-state index >= 15 is 0 Å². The number of ether oxygens (including phenoxy) is 2. The third kappa shape index (κ3) is 4.06. The molecule has 1 heterocycles. The van der Waals surface area contributed by atoms with Gasteiger partial charge in [0.05, 0.1) is 25.4 Å². The lowest BCUT2D eigenvalue weighted by Crippen LogP contribution is -2.41. The van der Waals surface area contributed by atoms with Gasteiger partial charge in [0.2, 0.25) is 0 Å². The maximum atomic E-state index is 12.8.